The van der Waals surface area contributed by atoms with E-state index in [1.54, 1.807) is 36.4 Å². The van der Waals surface area contributed by atoms with E-state index in [-0.39, 0.29) is 11.3 Å². The van der Waals surface area contributed by atoms with Gasteiger partial charge in [0.05, 0.1) is 22.2 Å². The fourth-order valence-corrected chi connectivity index (χ4v) is 2.26. The smallest absolute Gasteiger partial charge is 0.333 e. The van der Waals surface area contributed by atoms with Crippen LogP contribution in [0.4, 0.5) is 0 Å². The Morgan fingerprint density at radius 1 is 1.00 bits per heavy atom. The van der Waals surface area contributed by atoms with Gasteiger partial charge in [0, 0.05) is 0 Å². The van der Waals surface area contributed by atoms with Crippen molar-refractivity contribution in [1.29, 1.82) is 0 Å². The Kier molecular flexibility index (Phi) is 2.91. The van der Waals surface area contributed by atoms with Gasteiger partial charge in [-0.3, -0.25) is 9.59 Å². The number of amides is 1. The second-order valence-corrected chi connectivity index (χ2v) is 4.50. The summed E-state index contributed by atoms with van der Waals surface area (Å²) in [6.07, 6.45) is 0. The van der Waals surface area contributed by atoms with Crippen LogP contribution < -0.4 is 17.0 Å². The van der Waals surface area contributed by atoms with Crippen LogP contribution in [0.1, 0.15) is 10.4 Å². The average Bonchev–Trinajstić information content (AvgIpc) is 2.47. The molecule has 3 aromatic rings. The normalized spacial score (nSPS) is 10.7. The van der Waals surface area contributed by atoms with E-state index in [0.29, 0.717) is 10.9 Å². The Bertz CT molecular complexity index is 970. The molecule has 2 aromatic carbocycles. The van der Waals surface area contributed by atoms with E-state index in [4.69, 9.17) is 5.73 Å². The molecule has 0 radical (unpaired) electrons. The minimum absolute atomic E-state index is 0.111. The Labute approximate surface area is 118 Å². The van der Waals surface area contributed by atoms with E-state index in [2.05, 4.69) is 4.98 Å². The zero-order valence-electron chi connectivity index (χ0n) is 10.9. The molecular formula is C15H11N3O3. The van der Waals surface area contributed by atoms with E-state index < -0.39 is 17.2 Å². The van der Waals surface area contributed by atoms with Crippen molar-refractivity contribution in [3.8, 4) is 5.69 Å². The molecule has 0 aliphatic carbocycles. The van der Waals surface area contributed by atoms with Gasteiger partial charge in [-0.05, 0) is 24.3 Å². The van der Waals surface area contributed by atoms with Gasteiger partial charge in [-0.15, -0.1) is 0 Å². The predicted octanol–water partition coefficient (Wildman–Crippen LogP) is 0.778. The third-order valence-corrected chi connectivity index (χ3v) is 3.22. The number of benzene rings is 2. The number of fused-ring (bicyclic) bond motifs is 1. The highest BCUT2D eigenvalue weighted by Crippen LogP contribution is 2.12. The van der Waals surface area contributed by atoms with Crippen LogP contribution in [0.25, 0.3) is 16.6 Å². The third-order valence-electron chi connectivity index (χ3n) is 3.22. The lowest BCUT2D eigenvalue weighted by molar-refractivity contribution is 0.1000. The summed E-state index contributed by atoms with van der Waals surface area (Å²) >= 11 is 0. The molecule has 3 N–H and O–H groups in total. The van der Waals surface area contributed by atoms with Crippen molar-refractivity contribution >= 4 is 16.8 Å². The summed E-state index contributed by atoms with van der Waals surface area (Å²) in [6.45, 7) is 0. The molecule has 0 atom stereocenters. The summed E-state index contributed by atoms with van der Waals surface area (Å²) in [7, 11) is 0. The highest BCUT2D eigenvalue weighted by molar-refractivity contribution is 5.96. The number of aromatic nitrogens is 2. The number of nitrogens with one attached hydrogen (secondary N) is 1. The number of hydrogen-bond acceptors (Lipinski definition) is 3. The number of nitrogens with two attached hydrogens (primary N) is 1. The van der Waals surface area contributed by atoms with Gasteiger partial charge in [-0.1, -0.05) is 24.3 Å². The molecule has 3 rings (SSSR count). The number of rotatable bonds is 2. The monoisotopic (exact) mass is 281 g/mol. The van der Waals surface area contributed by atoms with E-state index in [1.165, 1.54) is 12.1 Å². The summed E-state index contributed by atoms with van der Waals surface area (Å²) < 4.78 is 0.919. The molecule has 0 fully saturated rings. The van der Waals surface area contributed by atoms with Gasteiger partial charge in [0.1, 0.15) is 0 Å². The number of carbonyl (C=O) groups is 1. The van der Waals surface area contributed by atoms with Crippen LogP contribution in [0.3, 0.4) is 0 Å². The molecule has 6 heteroatoms. The molecule has 0 aliphatic rings. The van der Waals surface area contributed by atoms with E-state index in [9.17, 15) is 14.4 Å². The number of carbonyl (C=O) groups excluding carboxylic acids is 1. The van der Waals surface area contributed by atoms with Crippen molar-refractivity contribution < 1.29 is 4.79 Å². The van der Waals surface area contributed by atoms with Gasteiger partial charge in [0.15, 0.2) is 0 Å². The standard InChI is InChI=1S/C15H11N3O3/c16-13(19)10-6-2-4-8-12(10)18-14(20)9-5-1-3-7-11(9)17-15(18)21/h1-8H,(H2,16,19)(H,17,21). The fourth-order valence-electron chi connectivity index (χ4n) is 2.26. The fraction of sp³-hybridized carbons (Fsp3) is 0. The highest BCUT2D eigenvalue weighted by atomic mass is 16.2. The third kappa shape index (κ3) is 2.02. The zero-order chi connectivity index (χ0) is 15.0. The number of aromatic amines is 1. The summed E-state index contributed by atoms with van der Waals surface area (Å²) in [4.78, 5) is 38.8. The summed E-state index contributed by atoms with van der Waals surface area (Å²) in [6, 6.07) is 12.9. The lowest BCUT2D eigenvalue weighted by atomic mass is 10.1. The summed E-state index contributed by atoms with van der Waals surface area (Å²) in [5.41, 5.74) is 4.91. The Hall–Kier alpha value is -3.15. The lowest BCUT2D eigenvalue weighted by Gasteiger charge is -2.09. The van der Waals surface area contributed by atoms with Crippen molar-refractivity contribution in [3.63, 3.8) is 0 Å². The first-order chi connectivity index (χ1) is 10.1. The van der Waals surface area contributed by atoms with Crippen LogP contribution in [-0.4, -0.2) is 15.5 Å². The predicted molar refractivity (Wildman–Crippen MR) is 78.7 cm³/mol. The molecule has 1 aromatic heterocycles. The van der Waals surface area contributed by atoms with Gasteiger partial charge in [0.2, 0.25) is 0 Å². The molecule has 1 amide bonds. The average molecular weight is 281 g/mol. The first kappa shape index (κ1) is 12.9. The zero-order valence-corrected chi connectivity index (χ0v) is 10.9. The Morgan fingerprint density at radius 3 is 2.43 bits per heavy atom. The topological polar surface area (TPSA) is 97.9 Å². The van der Waals surface area contributed by atoms with Crippen LogP contribution in [0.5, 0.6) is 0 Å². The maximum Gasteiger partial charge on any atom is 0.333 e. The number of para-hydroxylation sites is 2. The SMILES string of the molecule is NC(=O)c1ccccc1-n1c(=O)[nH]c2ccccc2c1=O. The molecule has 0 saturated heterocycles. The van der Waals surface area contributed by atoms with Gasteiger partial charge in [0.25, 0.3) is 11.5 Å². The van der Waals surface area contributed by atoms with Crippen LogP contribution >= 0.6 is 0 Å². The molecule has 1 heterocycles. The molecule has 6 nitrogen and oxygen atoms in total. The summed E-state index contributed by atoms with van der Waals surface area (Å²) in [5.74, 6) is -0.704. The molecule has 0 spiro atoms. The molecular weight excluding hydrogens is 270 g/mol. The van der Waals surface area contributed by atoms with Gasteiger partial charge >= 0.3 is 5.69 Å². The Balaban J connectivity index is 2.45. The number of H-pyrrole nitrogens is 1. The van der Waals surface area contributed by atoms with Crippen molar-refractivity contribution in [2.24, 2.45) is 5.73 Å². The quantitative estimate of drug-likeness (QED) is 0.726. The molecule has 104 valence electrons. The second kappa shape index (κ2) is 4.75. The Morgan fingerprint density at radius 2 is 1.67 bits per heavy atom. The maximum atomic E-state index is 12.5. The van der Waals surface area contributed by atoms with Crippen molar-refractivity contribution in [2.75, 3.05) is 0 Å². The summed E-state index contributed by atoms with van der Waals surface area (Å²) in [5, 5.41) is 0.358. The van der Waals surface area contributed by atoms with Crippen LogP contribution in [0.15, 0.2) is 58.1 Å². The van der Waals surface area contributed by atoms with Crippen LogP contribution in [0.2, 0.25) is 0 Å². The van der Waals surface area contributed by atoms with Crippen molar-refractivity contribution in [3.05, 3.63) is 74.9 Å². The van der Waals surface area contributed by atoms with E-state index in [0.717, 1.165) is 4.57 Å². The first-order valence-corrected chi connectivity index (χ1v) is 6.23. The highest BCUT2D eigenvalue weighted by Gasteiger charge is 2.14. The molecule has 0 saturated carbocycles. The first-order valence-electron chi connectivity index (χ1n) is 6.23. The second-order valence-electron chi connectivity index (χ2n) is 4.50. The number of nitrogens with zero attached hydrogens (tertiary/aromatic N) is 1. The number of primary amides is 1. The molecule has 21 heavy (non-hydrogen) atoms. The molecule has 0 bridgehead atoms. The van der Waals surface area contributed by atoms with Crippen molar-refractivity contribution in [2.45, 2.75) is 0 Å². The molecule has 0 unspecified atom stereocenters. The number of hydrogen-bond donors (Lipinski definition) is 2. The molecule has 0 aliphatic heterocycles. The van der Waals surface area contributed by atoms with Gasteiger partial charge in [-0.2, -0.15) is 0 Å². The minimum atomic E-state index is -0.704. The van der Waals surface area contributed by atoms with Gasteiger partial charge in [-0.25, -0.2) is 9.36 Å². The largest absolute Gasteiger partial charge is 0.366 e. The lowest BCUT2D eigenvalue weighted by Crippen LogP contribution is -2.35. The maximum absolute atomic E-state index is 12.5. The minimum Gasteiger partial charge on any atom is -0.366 e. The van der Waals surface area contributed by atoms with E-state index in [1.807, 2.05) is 0 Å². The van der Waals surface area contributed by atoms with Crippen molar-refractivity contribution in [1.82, 2.24) is 9.55 Å². The van der Waals surface area contributed by atoms with Gasteiger partial charge < -0.3 is 10.7 Å². The van der Waals surface area contributed by atoms with E-state index >= 15 is 0 Å². The van der Waals surface area contributed by atoms with Crippen LogP contribution in [-0.2, 0) is 0 Å². The van der Waals surface area contributed by atoms with Crippen LogP contribution in [0, 0.1) is 0 Å².